The largest absolute Gasteiger partial charge is 0.481 e. The second kappa shape index (κ2) is 4.25. The first kappa shape index (κ1) is 12.0. The third-order valence-corrected chi connectivity index (χ3v) is 5.26. The first-order valence-electron chi connectivity index (χ1n) is 7.12. The number of hydrogen-bond donors (Lipinski definition) is 2. The van der Waals surface area contributed by atoms with Crippen molar-refractivity contribution in [1.29, 1.82) is 0 Å². The van der Waals surface area contributed by atoms with Gasteiger partial charge in [-0.1, -0.05) is 6.42 Å². The molecule has 3 rings (SSSR count). The van der Waals surface area contributed by atoms with Crippen LogP contribution < -0.4 is 5.32 Å². The molecule has 0 aliphatic heterocycles. The zero-order valence-electron chi connectivity index (χ0n) is 10.7. The smallest absolute Gasteiger partial charge is 0.305 e. The van der Waals surface area contributed by atoms with Gasteiger partial charge in [-0.2, -0.15) is 0 Å². The molecule has 0 aromatic rings. The van der Waals surface area contributed by atoms with Crippen LogP contribution in [0.3, 0.4) is 0 Å². The summed E-state index contributed by atoms with van der Waals surface area (Å²) >= 11 is 0. The number of nitrogens with one attached hydrogen (secondary N) is 1. The molecule has 0 aromatic heterocycles. The van der Waals surface area contributed by atoms with Crippen molar-refractivity contribution in [2.45, 2.75) is 56.9 Å². The molecule has 3 aliphatic carbocycles. The third kappa shape index (κ3) is 2.02. The van der Waals surface area contributed by atoms with Crippen molar-refractivity contribution in [2.24, 2.45) is 17.8 Å². The summed E-state index contributed by atoms with van der Waals surface area (Å²) < 4.78 is 0. The minimum atomic E-state index is -0.803. The molecule has 4 heteroatoms. The van der Waals surface area contributed by atoms with Crippen LogP contribution in [0.5, 0.6) is 0 Å². The first-order chi connectivity index (χ1) is 8.58. The van der Waals surface area contributed by atoms with Gasteiger partial charge in [0.2, 0.25) is 5.91 Å². The predicted molar refractivity (Wildman–Crippen MR) is 65.9 cm³/mol. The van der Waals surface area contributed by atoms with Crippen LogP contribution in [0.15, 0.2) is 0 Å². The van der Waals surface area contributed by atoms with Gasteiger partial charge in [0.25, 0.3) is 0 Å². The normalized spacial score (nSPS) is 36.1. The molecule has 100 valence electrons. The maximum atomic E-state index is 12.3. The van der Waals surface area contributed by atoms with Gasteiger partial charge in [-0.05, 0) is 50.4 Å². The summed E-state index contributed by atoms with van der Waals surface area (Å²) in [5.41, 5.74) is -0.426. The summed E-state index contributed by atoms with van der Waals surface area (Å²) in [6, 6.07) is 0. The Labute approximate surface area is 107 Å². The molecule has 3 aliphatic rings. The Morgan fingerprint density at radius 2 is 2.00 bits per heavy atom. The predicted octanol–water partition coefficient (Wildman–Crippen LogP) is 1.94. The molecule has 3 fully saturated rings. The fourth-order valence-electron chi connectivity index (χ4n) is 4.16. The number of rotatable bonds is 4. The molecule has 2 bridgehead atoms. The fourth-order valence-corrected chi connectivity index (χ4v) is 4.16. The number of carboxylic acids is 1. The SMILES string of the molecule is O=C(O)CC1(NC(=O)C2CC3CCC2C3)CCC1. The molecule has 0 aromatic carbocycles. The monoisotopic (exact) mass is 251 g/mol. The standard InChI is InChI=1S/C14H21NO3/c16-12(17)8-14(4-1-5-14)15-13(18)11-7-9-2-3-10(11)6-9/h9-11H,1-8H2,(H,15,18)(H,16,17). The lowest BCUT2D eigenvalue weighted by molar-refractivity contribution is -0.141. The summed E-state index contributed by atoms with van der Waals surface area (Å²) in [5.74, 6) is 0.806. The van der Waals surface area contributed by atoms with Crippen molar-refractivity contribution in [1.82, 2.24) is 5.32 Å². The van der Waals surface area contributed by atoms with Crippen LogP contribution in [-0.4, -0.2) is 22.5 Å². The van der Waals surface area contributed by atoms with Gasteiger partial charge in [-0.3, -0.25) is 9.59 Å². The molecule has 0 radical (unpaired) electrons. The quantitative estimate of drug-likeness (QED) is 0.802. The zero-order valence-corrected chi connectivity index (χ0v) is 10.7. The molecule has 2 N–H and O–H groups in total. The van der Waals surface area contributed by atoms with E-state index in [-0.39, 0.29) is 18.2 Å². The van der Waals surface area contributed by atoms with Crippen molar-refractivity contribution in [3.05, 3.63) is 0 Å². The Morgan fingerprint density at radius 3 is 2.44 bits per heavy atom. The Kier molecular flexibility index (Phi) is 2.83. The second-order valence-corrected chi connectivity index (χ2v) is 6.48. The Hall–Kier alpha value is -1.06. The van der Waals surface area contributed by atoms with Crippen molar-refractivity contribution >= 4 is 11.9 Å². The van der Waals surface area contributed by atoms with Gasteiger partial charge < -0.3 is 10.4 Å². The van der Waals surface area contributed by atoms with E-state index in [0.717, 1.165) is 31.6 Å². The van der Waals surface area contributed by atoms with Crippen LogP contribution in [0.25, 0.3) is 0 Å². The molecule has 3 unspecified atom stereocenters. The van der Waals surface area contributed by atoms with Crippen molar-refractivity contribution < 1.29 is 14.7 Å². The second-order valence-electron chi connectivity index (χ2n) is 6.48. The van der Waals surface area contributed by atoms with E-state index in [2.05, 4.69) is 5.32 Å². The lowest BCUT2D eigenvalue weighted by atomic mass is 9.73. The van der Waals surface area contributed by atoms with E-state index in [1.165, 1.54) is 19.3 Å². The summed E-state index contributed by atoms with van der Waals surface area (Å²) in [5, 5.41) is 12.0. The molecule has 0 heterocycles. The third-order valence-electron chi connectivity index (χ3n) is 5.26. The van der Waals surface area contributed by atoms with Gasteiger partial charge in [0, 0.05) is 5.92 Å². The Balaban J connectivity index is 1.61. The fraction of sp³-hybridized carbons (Fsp3) is 0.857. The molecule has 18 heavy (non-hydrogen) atoms. The van der Waals surface area contributed by atoms with E-state index >= 15 is 0 Å². The molecule has 0 saturated heterocycles. The summed E-state index contributed by atoms with van der Waals surface area (Å²) in [4.78, 5) is 23.2. The highest BCUT2D eigenvalue weighted by Crippen LogP contribution is 2.48. The van der Waals surface area contributed by atoms with E-state index in [1.807, 2.05) is 0 Å². The Bertz CT molecular complexity index is 375. The summed E-state index contributed by atoms with van der Waals surface area (Å²) in [7, 11) is 0. The van der Waals surface area contributed by atoms with E-state index in [1.54, 1.807) is 0 Å². The maximum Gasteiger partial charge on any atom is 0.305 e. The average Bonchev–Trinajstić information content (AvgIpc) is 2.86. The van der Waals surface area contributed by atoms with Gasteiger partial charge in [0.1, 0.15) is 0 Å². The molecule has 3 atom stereocenters. The van der Waals surface area contributed by atoms with Crippen LogP contribution in [0.2, 0.25) is 0 Å². The van der Waals surface area contributed by atoms with Crippen LogP contribution in [-0.2, 0) is 9.59 Å². The van der Waals surface area contributed by atoms with Crippen LogP contribution >= 0.6 is 0 Å². The van der Waals surface area contributed by atoms with Gasteiger partial charge in [-0.25, -0.2) is 0 Å². The lowest BCUT2D eigenvalue weighted by Gasteiger charge is -2.42. The highest BCUT2D eigenvalue weighted by atomic mass is 16.4. The lowest BCUT2D eigenvalue weighted by Crippen LogP contribution is -2.56. The molecule has 0 spiro atoms. The van der Waals surface area contributed by atoms with Crippen LogP contribution in [0, 0.1) is 17.8 Å². The molecule has 1 amide bonds. The van der Waals surface area contributed by atoms with E-state index in [4.69, 9.17) is 5.11 Å². The van der Waals surface area contributed by atoms with Crippen molar-refractivity contribution in [2.75, 3.05) is 0 Å². The number of carbonyl (C=O) groups is 2. The van der Waals surface area contributed by atoms with E-state index in [9.17, 15) is 9.59 Å². The number of carbonyl (C=O) groups excluding carboxylic acids is 1. The Morgan fingerprint density at radius 1 is 1.22 bits per heavy atom. The van der Waals surface area contributed by atoms with Crippen LogP contribution in [0.4, 0.5) is 0 Å². The number of hydrogen-bond acceptors (Lipinski definition) is 2. The maximum absolute atomic E-state index is 12.3. The summed E-state index contributed by atoms with van der Waals surface area (Å²) in [6.45, 7) is 0. The number of fused-ring (bicyclic) bond motifs is 2. The zero-order chi connectivity index (χ0) is 12.8. The van der Waals surface area contributed by atoms with Gasteiger partial charge in [0.05, 0.1) is 12.0 Å². The topological polar surface area (TPSA) is 66.4 Å². The molecule has 4 nitrogen and oxygen atoms in total. The summed E-state index contributed by atoms with van der Waals surface area (Å²) in [6.07, 6.45) is 7.48. The number of aliphatic carboxylic acids is 1. The molecule has 3 saturated carbocycles. The van der Waals surface area contributed by atoms with Crippen LogP contribution in [0.1, 0.15) is 51.4 Å². The van der Waals surface area contributed by atoms with Crippen molar-refractivity contribution in [3.8, 4) is 0 Å². The van der Waals surface area contributed by atoms with Gasteiger partial charge in [0.15, 0.2) is 0 Å². The highest BCUT2D eigenvalue weighted by Gasteiger charge is 2.46. The van der Waals surface area contributed by atoms with Gasteiger partial charge in [-0.15, -0.1) is 0 Å². The van der Waals surface area contributed by atoms with E-state index < -0.39 is 11.5 Å². The molecular weight excluding hydrogens is 230 g/mol. The number of carboxylic acid groups (broad SMARTS) is 1. The highest BCUT2D eigenvalue weighted by molar-refractivity contribution is 5.81. The van der Waals surface area contributed by atoms with Crippen molar-refractivity contribution in [3.63, 3.8) is 0 Å². The minimum Gasteiger partial charge on any atom is -0.481 e. The number of amides is 1. The average molecular weight is 251 g/mol. The van der Waals surface area contributed by atoms with E-state index in [0.29, 0.717) is 5.92 Å². The van der Waals surface area contributed by atoms with Gasteiger partial charge >= 0.3 is 5.97 Å². The minimum absolute atomic E-state index is 0.0829. The first-order valence-corrected chi connectivity index (χ1v) is 7.12. The molecular formula is C14H21NO3.